The molecule has 0 unspecified atom stereocenters. The molecule has 2 aromatic rings. The highest BCUT2D eigenvalue weighted by molar-refractivity contribution is 4.84. The van der Waals surface area contributed by atoms with E-state index in [4.69, 9.17) is 0 Å². The van der Waals surface area contributed by atoms with Crippen LogP contribution in [0.2, 0.25) is 0 Å². The van der Waals surface area contributed by atoms with Gasteiger partial charge in [0.05, 0.1) is 13.1 Å². The van der Waals surface area contributed by atoms with E-state index in [1.54, 1.807) is 6.33 Å². The van der Waals surface area contributed by atoms with Crippen molar-refractivity contribution in [2.75, 3.05) is 0 Å². The van der Waals surface area contributed by atoms with Crippen LogP contribution in [0.25, 0.3) is 0 Å². The molecule has 7 heteroatoms. The van der Waals surface area contributed by atoms with E-state index in [0.29, 0.717) is 18.9 Å². The molecule has 0 aliphatic carbocycles. The van der Waals surface area contributed by atoms with Crippen LogP contribution in [0.5, 0.6) is 0 Å². The fourth-order valence-electron chi connectivity index (χ4n) is 1.02. The number of aryl methyl sites for hydroxylation is 1. The Morgan fingerprint density at radius 2 is 2.43 bits per heavy atom. The van der Waals surface area contributed by atoms with Gasteiger partial charge in [-0.1, -0.05) is 5.16 Å². The lowest BCUT2D eigenvalue weighted by Gasteiger charge is -2.00. The molecule has 0 saturated carbocycles. The van der Waals surface area contributed by atoms with Crippen molar-refractivity contribution in [3.8, 4) is 0 Å². The summed E-state index contributed by atoms with van der Waals surface area (Å²) in [7, 11) is 1.89. The predicted molar refractivity (Wildman–Crippen MR) is 45.8 cm³/mol. The molecule has 2 rings (SSSR count). The molecule has 2 heterocycles. The lowest BCUT2D eigenvalue weighted by Crippen LogP contribution is -2.16. The van der Waals surface area contributed by atoms with Crippen molar-refractivity contribution < 1.29 is 4.52 Å². The summed E-state index contributed by atoms with van der Waals surface area (Å²) in [4.78, 5) is 3.87. The maximum atomic E-state index is 4.59. The maximum absolute atomic E-state index is 4.59. The maximum Gasteiger partial charge on any atom is 0.213 e. The quantitative estimate of drug-likeness (QED) is 0.705. The molecule has 0 bridgehead atoms. The number of hydrogen-bond donors (Lipinski definition) is 1. The normalized spacial score (nSPS) is 10.6. The van der Waals surface area contributed by atoms with Crippen LogP contribution < -0.4 is 5.32 Å². The second kappa shape index (κ2) is 3.97. The fraction of sp³-hybridized carbons (Fsp3) is 0.429. The first-order valence-corrected chi connectivity index (χ1v) is 4.15. The van der Waals surface area contributed by atoms with Crippen LogP contribution in [-0.4, -0.2) is 24.9 Å². The third kappa shape index (κ3) is 1.94. The summed E-state index contributed by atoms with van der Waals surface area (Å²) in [5, 5.41) is 14.5. The zero-order chi connectivity index (χ0) is 9.80. The summed E-state index contributed by atoms with van der Waals surface area (Å²) in [6.07, 6.45) is 2.96. The first kappa shape index (κ1) is 8.82. The molecule has 0 radical (unpaired) electrons. The Hall–Kier alpha value is -1.76. The molecule has 74 valence electrons. The molecule has 0 aliphatic heterocycles. The van der Waals surface area contributed by atoms with Crippen LogP contribution in [0.15, 0.2) is 17.2 Å². The molecule has 0 aliphatic rings. The molecule has 14 heavy (non-hydrogen) atoms. The lowest BCUT2D eigenvalue weighted by molar-refractivity contribution is 0.407. The van der Waals surface area contributed by atoms with Crippen LogP contribution in [0, 0.1) is 0 Å². The Labute approximate surface area is 80.1 Å². The van der Waals surface area contributed by atoms with Crippen LogP contribution >= 0.6 is 0 Å². The SMILES string of the molecule is Cn1cnnc1CNCc1ncon1. The van der Waals surface area contributed by atoms with E-state index in [1.807, 2.05) is 11.6 Å². The van der Waals surface area contributed by atoms with Gasteiger partial charge in [-0.05, 0) is 0 Å². The third-order valence-corrected chi connectivity index (χ3v) is 1.78. The van der Waals surface area contributed by atoms with E-state index < -0.39 is 0 Å². The first-order valence-electron chi connectivity index (χ1n) is 4.15. The van der Waals surface area contributed by atoms with E-state index in [0.717, 1.165) is 5.82 Å². The van der Waals surface area contributed by atoms with Gasteiger partial charge >= 0.3 is 0 Å². The van der Waals surface area contributed by atoms with Crippen molar-refractivity contribution in [1.29, 1.82) is 0 Å². The Balaban J connectivity index is 1.81. The summed E-state index contributed by atoms with van der Waals surface area (Å²) >= 11 is 0. The summed E-state index contributed by atoms with van der Waals surface area (Å²) in [6.45, 7) is 1.19. The monoisotopic (exact) mass is 194 g/mol. The molecule has 7 nitrogen and oxygen atoms in total. The zero-order valence-electron chi connectivity index (χ0n) is 7.71. The van der Waals surface area contributed by atoms with E-state index in [1.165, 1.54) is 6.39 Å². The molecule has 0 fully saturated rings. The van der Waals surface area contributed by atoms with Gasteiger partial charge in [0.1, 0.15) is 12.2 Å². The van der Waals surface area contributed by atoms with E-state index in [2.05, 4.69) is 30.2 Å². The van der Waals surface area contributed by atoms with Gasteiger partial charge in [0.15, 0.2) is 5.82 Å². The molecule has 0 aromatic carbocycles. The molecule has 0 atom stereocenters. The van der Waals surface area contributed by atoms with Gasteiger partial charge in [-0.3, -0.25) is 0 Å². The minimum absolute atomic E-state index is 0.559. The van der Waals surface area contributed by atoms with Crippen LogP contribution in [0.4, 0.5) is 0 Å². The highest BCUT2D eigenvalue weighted by atomic mass is 16.5. The summed E-state index contributed by atoms with van der Waals surface area (Å²) < 4.78 is 6.44. The van der Waals surface area contributed by atoms with Crippen molar-refractivity contribution in [1.82, 2.24) is 30.2 Å². The number of nitrogens with zero attached hydrogens (tertiary/aromatic N) is 5. The third-order valence-electron chi connectivity index (χ3n) is 1.78. The van der Waals surface area contributed by atoms with Gasteiger partial charge in [0, 0.05) is 7.05 Å². The van der Waals surface area contributed by atoms with Gasteiger partial charge in [-0.25, -0.2) is 0 Å². The summed E-state index contributed by atoms with van der Waals surface area (Å²) in [6, 6.07) is 0. The van der Waals surface area contributed by atoms with Crippen LogP contribution in [-0.2, 0) is 20.1 Å². The molecule has 2 aromatic heterocycles. The van der Waals surface area contributed by atoms with Gasteiger partial charge in [0.2, 0.25) is 6.39 Å². The average molecular weight is 194 g/mol. The van der Waals surface area contributed by atoms with Crippen molar-refractivity contribution >= 4 is 0 Å². The number of aromatic nitrogens is 5. The second-order valence-electron chi connectivity index (χ2n) is 2.81. The zero-order valence-corrected chi connectivity index (χ0v) is 7.71. The predicted octanol–water partition coefficient (Wildman–Crippen LogP) is -0.512. The average Bonchev–Trinajstić information content (AvgIpc) is 2.78. The molecule has 0 amide bonds. The highest BCUT2D eigenvalue weighted by Crippen LogP contribution is 1.92. The Morgan fingerprint density at radius 1 is 1.50 bits per heavy atom. The van der Waals surface area contributed by atoms with E-state index in [-0.39, 0.29) is 0 Å². The van der Waals surface area contributed by atoms with Crippen molar-refractivity contribution in [2.45, 2.75) is 13.1 Å². The molecular formula is C7H10N6O. The fourth-order valence-corrected chi connectivity index (χ4v) is 1.02. The van der Waals surface area contributed by atoms with E-state index >= 15 is 0 Å². The molecule has 1 N–H and O–H groups in total. The summed E-state index contributed by atoms with van der Waals surface area (Å²) in [5.74, 6) is 1.50. The smallest absolute Gasteiger partial charge is 0.213 e. The van der Waals surface area contributed by atoms with Crippen LogP contribution in [0.3, 0.4) is 0 Å². The number of hydrogen-bond acceptors (Lipinski definition) is 6. The number of rotatable bonds is 4. The molecular weight excluding hydrogens is 184 g/mol. The lowest BCUT2D eigenvalue weighted by atomic mass is 10.5. The van der Waals surface area contributed by atoms with E-state index in [9.17, 15) is 0 Å². The minimum atomic E-state index is 0.559. The largest absolute Gasteiger partial charge is 0.343 e. The van der Waals surface area contributed by atoms with Crippen LogP contribution in [0.1, 0.15) is 11.6 Å². The molecule has 0 saturated heterocycles. The van der Waals surface area contributed by atoms with Gasteiger partial charge in [-0.15, -0.1) is 10.2 Å². The molecule has 0 spiro atoms. The highest BCUT2D eigenvalue weighted by Gasteiger charge is 2.01. The minimum Gasteiger partial charge on any atom is -0.343 e. The standard InChI is InChI=1S/C7H10N6O/c1-13-4-10-11-7(13)3-8-2-6-9-5-14-12-6/h4-5,8H,2-3H2,1H3. The van der Waals surface area contributed by atoms with Crippen molar-refractivity contribution in [3.63, 3.8) is 0 Å². The topological polar surface area (TPSA) is 81.7 Å². The Bertz CT molecular complexity index is 381. The van der Waals surface area contributed by atoms with Gasteiger partial charge in [-0.2, -0.15) is 4.98 Å². The Morgan fingerprint density at radius 3 is 3.07 bits per heavy atom. The number of nitrogens with one attached hydrogen (secondary N) is 1. The second-order valence-corrected chi connectivity index (χ2v) is 2.81. The van der Waals surface area contributed by atoms with Gasteiger partial charge in [0.25, 0.3) is 0 Å². The summed E-state index contributed by atoms with van der Waals surface area (Å²) in [5.41, 5.74) is 0. The first-order chi connectivity index (χ1) is 6.86. The Kier molecular flexibility index (Phi) is 2.50. The van der Waals surface area contributed by atoms with Crippen molar-refractivity contribution in [3.05, 3.63) is 24.4 Å². The van der Waals surface area contributed by atoms with Gasteiger partial charge < -0.3 is 14.4 Å². The van der Waals surface area contributed by atoms with Crippen molar-refractivity contribution in [2.24, 2.45) is 7.05 Å².